The molecule has 1 N–H and O–H groups in total. The van der Waals surface area contributed by atoms with Gasteiger partial charge in [0.05, 0.1) is 0 Å². The lowest BCUT2D eigenvalue weighted by molar-refractivity contribution is 0.143. The van der Waals surface area contributed by atoms with Gasteiger partial charge in [0.1, 0.15) is 0 Å². The summed E-state index contributed by atoms with van der Waals surface area (Å²) in [6.45, 7) is 1.28. The Hall–Kier alpha value is 0.250. The molecule has 2 rings (SSSR count). The third-order valence-electron chi connectivity index (χ3n) is 2.89. The van der Waals surface area contributed by atoms with Crippen LogP contribution in [0.4, 0.5) is 0 Å². The van der Waals surface area contributed by atoms with Crippen molar-refractivity contribution in [1.82, 2.24) is 5.32 Å². The topological polar surface area (TPSA) is 12.0 Å². The van der Waals surface area contributed by atoms with Crippen molar-refractivity contribution in [3.8, 4) is 0 Å². The van der Waals surface area contributed by atoms with Gasteiger partial charge in [-0.15, -0.1) is 12.4 Å². The SMILES string of the molecule is C1CCC2(CCC2)NC1.Cl. The fourth-order valence-electron chi connectivity index (χ4n) is 2.06. The Bertz CT molecular complexity index is 102. The quantitative estimate of drug-likeness (QED) is 0.574. The maximum absolute atomic E-state index is 3.63. The molecule has 1 aliphatic carbocycles. The van der Waals surface area contributed by atoms with Gasteiger partial charge in [-0.2, -0.15) is 0 Å². The predicted molar refractivity (Wildman–Crippen MR) is 45.7 cm³/mol. The van der Waals surface area contributed by atoms with Crippen LogP contribution < -0.4 is 5.32 Å². The van der Waals surface area contributed by atoms with E-state index < -0.39 is 0 Å². The molecular formula is C8H16ClN. The summed E-state index contributed by atoms with van der Waals surface area (Å²) in [4.78, 5) is 0. The number of hydrogen-bond acceptors (Lipinski definition) is 1. The van der Waals surface area contributed by atoms with Crippen molar-refractivity contribution in [2.75, 3.05) is 6.54 Å². The van der Waals surface area contributed by atoms with Crippen LogP contribution in [0.15, 0.2) is 0 Å². The van der Waals surface area contributed by atoms with E-state index in [1.807, 2.05) is 0 Å². The first-order valence-corrected chi connectivity index (χ1v) is 4.16. The third-order valence-corrected chi connectivity index (χ3v) is 2.89. The normalized spacial score (nSPS) is 28.8. The zero-order valence-corrected chi connectivity index (χ0v) is 7.17. The summed E-state index contributed by atoms with van der Waals surface area (Å²) < 4.78 is 0. The van der Waals surface area contributed by atoms with Gasteiger partial charge in [0.15, 0.2) is 0 Å². The molecule has 1 heterocycles. The van der Waals surface area contributed by atoms with Gasteiger partial charge in [0.25, 0.3) is 0 Å². The largest absolute Gasteiger partial charge is 0.311 e. The van der Waals surface area contributed by atoms with E-state index >= 15 is 0 Å². The van der Waals surface area contributed by atoms with Gasteiger partial charge < -0.3 is 5.32 Å². The summed E-state index contributed by atoms with van der Waals surface area (Å²) in [5, 5.41) is 3.63. The molecule has 0 aromatic heterocycles. The maximum Gasteiger partial charge on any atom is 0.0181 e. The zero-order chi connectivity index (χ0) is 6.16. The van der Waals surface area contributed by atoms with Gasteiger partial charge in [-0.3, -0.25) is 0 Å². The zero-order valence-electron chi connectivity index (χ0n) is 6.36. The monoisotopic (exact) mass is 161 g/mol. The Morgan fingerprint density at radius 1 is 0.900 bits per heavy atom. The molecule has 2 heteroatoms. The first-order chi connectivity index (χ1) is 4.41. The lowest BCUT2D eigenvalue weighted by Gasteiger charge is -2.45. The predicted octanol–water partition coefficient (Wildman–Crippen LogP) is 2.10. The Morgan fingerprint density at radius 2 is 1.60 bits per heavy atom. The molecule has 1 spiro atoms. The number of halogens is 1. The van der Waals surface area contributed by atoms with Gasteiger partial charge in [0.2, 0.25) is 0 Å². The van der Waals surface area contributed by atoms with Crippen LogP contribution in [0, 0.1) is 0 Å². The molecule has 0 atom stereocenters. The summed E-state index contributed by atoms with van der Waals surface area (Å²) in [6, 6.07) is 0. The molecule has 0 unspecified atom stereocenters. The minimum Gasteiger partial charge on any atom is -0.311 e. The Balaban J connectivity index is 0.000000500. The fourth-order valence-corrected chi connectivity index (χ4v) is 2.06. The molecule has 0 radical (unpaired) electrons. The van der Waals surface area contributed by atoms with Crippen LogP contribution in [0.5, 0.6) is 0 Å². The van der Waals surface area contributed by atoms with Gasteiger partial charge >= 0.3 is 0 Å². The molecule has 0 bridgehead atoms. The van der Waals surface area contributed by atoms with Crippen molar-refractivity contribution in [3.63, 3.8) is 0 Å². The van der Waals surface area contributed by atoms with Crippen LogP contribution in [0.1, 0.15) is 38.5 Å². The first kappa shape index (κ1) is 8.35. The van der Waals surface area contributed by atoms with Crippen LogP contribution in [0.3, 0.4) is 0 Å². The van der Waals surface area contributed by atoms with Crippen molar-refractivity contribution in [3.05, 3.63) is 0 Å². The third kappa shape index (κ3) is 1.30. The van der Waals surface area contributed by atoms with Gasteiger partial charge in [0, 0.05) is 5.54 Å². The molecule has 2 fully saturated rings. The van der Waals surface area contributed by atoms with Crippen LogP contribution in [-0.4, -0.2) is 12.1 Å². The van der Waals surface area contributed by atoms with E-state index in [2.05, 4.69) is 5.32 Å². The summed E-state index contributed by atoms with van der Waals surface area (Å²) in [7, 11) is 0. The summed E-state index contributed by atoms with van der Waals surface area (Å²) in [5.74, 6) is 0. The van der Waals surface area contributed by atoms with Crippen molar-refractivity contribution < 1.29 is 0 Å². The Kier molecular flexibility index (Phi) is 2.59. The van der Waals surface area contributed by atoms with E-state index in [4.69, 9.17) is 0 Å². The second kappa shape index (κ2) is 3.10. The molecule has 1 aliphatic heterocycles. The Morgan fingerprint density at radius 3 is 1.90 bits per heavy atom. The van der Waals surface area contributed by atoms with Crippen molar-refractivity contribution >= 4 is 12.4 Å². The van der Waals surface area contributed by atoms with Gasteiger partial charge in [-0.1, -0.05) is 6.42 Å². The molecule has 0 aromatic carbocycles. The maximum atomic E-state index is 3.63. The van der Waals surface area contributed by atoms with E-state index in [0.29, 0.717) is 5.54 Å². The lowest BCUT2D eigenvalue weighted by atomic mass is 9.72. The van der Waals surface area contributed by atoms with Gasteiger partial charge in [-0.05, 0) is 38.6 Å². The summed E-state index contributed by atoms with van der Waals surface area (Å²) >= 11 is 0. The highest BCUT2D eigenvalue weighted by atomic mass is 35.5. The average Bonchev–Trinajstić information content (AvgIpc) is 1.87. The molecule has 60 valence electrons. The first-order valence-electron chi connectivity index (χ1n) is 4.16. The van der Waals surface area contributed by atoms with Crippen LogP contribution >= 0.6 is 12.4 Å². The van der Waals surface area contributed by atoms with E-state index in [1.165, 1.54) is 45.1 Å². The second-order valence-electron chi connectivity index (χ2n) is 3.52. The second-order valence-corrected chi connectivity index (χ2v) is 3.52. The van der Waals surface area contributed by atoms with Crippen molar-refractivity contribution in [2.45, 2.75) is 44.1 Å². The highest BCUT2D eigenvalue weighted by molar-refractivity contribution is 5.85. The van der Waals surface area contributed by atoms with E-state index in [0.717, 1.165) is 0 Å². The Labute approximate surface area is 69.0 Å². The smallest absolute Gasteiger partial charge is 0.0181 e. The van der Waals surface area contributed by atoms with Crippen molar-refractivity contribution in [1.29, 1.82) is 0 Å². The molecule has 0 aromatic rings. The molecule has 1 nitrogen and oxygen atoms in total. The van der Waals surface area contributed by atoms with Gasteiger partial charge in [-0.25, -0.2) is 0 Å². The fraction of sp³-hybridized carbons (Fsp3) is 1.00. The summed E-state index contributed by atoms with van der Waals surface area (Å²) in [6.07, 6.45) is 8.69. The summed E-state index contributed by atoms with van der Waals surface area (Å²) in [5.41, 5.74) is 0.651. The number of hydrogen-bond donors (Lipinski definition) is 1. The molecule has 2 aliphatic rings. The average molecular weight is 162 g/mol. The highest BCUT2D eigenvalue weighted by Crippen LogP contribution is 2.37. The number of nitrogens with one attached hydrogen (secondary N) is 1. The minimum absolute atomic E-state index is 0. The lowest BCUT2D eigenvalue weighted by Crippen LogP contribution is -2.53. The minimum atomic E-state index is 0. The number of piperidine rings is 1. The van der Waals surface area contributed by atoms with Crippen LogP contribution in [0.2, 0.25) is 0 Å². The van der Waals surface area contributed by atoms with Crippen LogP contribution in [0.25, 0.3) is 0 Å². The number of rotatable bonds is 0. The molecule has 1 saturated carbocycles. The van der Waals surface area contributed by atoms with E-state index in [9.17, 15) is 0 Å². The molecule has 0 amide bonds. The van der Waals surface area contributed by atoms with E-state index in [1.54, 1.807) is 0 Å². The molecular weight excluding hydrogens is 146 g/mol. The van der Waals surface area contributed by atoms with Crippen LogP contribution in [-0.2, 0) is 0 Å². The van der Waals surface area contributed by atoms with E-state index in [-0.39, 0.29) is 12.4 Å². The molecule has 1 saturated heterocycles. The highest BCUT2D eigenvalue weighted by Gasteiger charge is 2.36. The standard InChI is InChI=1S/C8H15N.ClH/c1-2-7-9-8(4-1)5-3-6-8;/h9H,1-7H2;1H. The molecule has 10 heavy (non-hydrogen) atoms. The van der Waals surface area contributed by atoms with Crippen molar-refractivity contribution in [2.24, 2.45) is 0 Å².